The molecule has 6 heteroatoms. The molecule has 0 aromatic heterocycles. The van der Waals surface area contributed by atoms with Gasteiger partial charge in [0.05, 0.1) is 11.0 Å². The first-order chi connectivity index (χ1) is 7.29. The Balaban J connectivity index is 5.08. The van der Waals surface area contributed by atoms with Crippen LogP contribution < -0.4 is 0 Å². The molecular weight excluding hydrogens is 248 g/mol. The molecule has 0 rings (SSSR count). The summed E-state index contributed by atoms with van der Waals surface area (Å²) in [5, 5.41) is 1.23. The minimum atomic E-state index is -3.47. The fourth-order valence-corrected chi connectivity index (χ4v) is 4.94. The molecule has 0 aromatic rings. The molecule has 4 nitrogen and oxygen atoms in total. The van der Waals surface area contributed by atoms with Gasteiger partial charge in [0, 0.05) is 10.8 Å². The topological polar surface area (TPSA) is 68.3 Å². The Kier molecular flexibility index (Phi) is 5.96. The van der Waals surface area contributed by atoms with E-state index in [1.54, 1.807) is 20.8 Å². The molecule has 0 aromatic carbocycles. The molecule has 0 unspecified atom stereocenters. The fourth-order valence-electron chi connectivity index (χ4n) is 1.27. The highest BCUT2D eigenvalue weighted by molar-refractivity contribution is 7.98. The minimum Gasteiger partial charge on any atom is -0.224 e. The van der Waals surface area contributed by atoms with Crippen LogP contribution in [0.5, 0.6) is 0 Å². The van der Waals surface area contributed by atoms with Crippen LogP contribution in [0.3, 0.4) is 0 Å². The second kappa shape index (κ2) is 6.20. The SMILES string of the molecule is C/C=C/S(=O)(=O)C[C@H](CC)S(=O)(=O)/C=C/C. The van der Waals surface area contributed by atoms with Crippen LogP contribution in [0.15, 0.2) is 23.0 Å². The largest absolute Gasteiger partial charge is 0.224 e. The molecule has 0 spiro atoms. The van der Waals surface area contributed by atoms with E-state index in [0.717, 1.165) is 10.8 Å². The van der Waals surface area contributed by atoms with Crippen LogP contribution in [-0.4, -0.2) is 27.8 Å². The van der Waals surface area contributed by atoms with Gasteiger partial charge in [-0.2, -0.15) is 0 Å². The zero-order valence-corrected chi connectivity index (χ0v) is 11.4. The van der Waals surface area contributed by atoms with Gasteiger partial charge < -0.3 is 0 Å². The van der Waals surface area contributed by atoms with E-state index in [2.05, 4.69) is 0 Å². The Labute approximate surface area is 97.9 Å². The van der Waals surface area contributed by atoms with E-state index in [0.29, 0.717) is 0 Å². The number of allylic oxidation sites excluding steroid dienone is 2. The maximum Gasteiger partial charge on any atom is 0.175 e. The van der Waals surface area contributed by atoms with E-state index >= 15 is 0 Å². The molecule has 0 aliphatic carbocycles. The fraction of sp³-hybridized carbons (Fsp3) is 0.600. The second-order valence-corrected chi connectivity index (χ2v) is 7.44. The number of sulfone groups is 2. The standard InChI is InChI=1S/C10H18O4S2/c1-4-7-15(11,12)9-10(6-3)16(13,14)8-5-2/h4-5,7-8,10H,6,9H2,1-3H3/b7-4+,8-5+/t10-/m0/s1. The minimum absolute atomic E-state index is 0.281. The lowest BCUT2D eigenvalue weighted by atomic mass is 10.4. The average molecular weight is 266 g/mol. The van der Waals surface area contributed by atoms with Gasteiger partial charge in [-0.15, -0.1) is 0 Å². The van der Waals surface area contributed by atoms with Crippen molar-refractivity contribution in [2.45, 2.75) is 32.4 Å². The Bertz CT molecular complexity index is 455. The van der Waals surface area contributed by atoms with Crippen molar-refractivity contribution in [3.8, 4) is 0 Å². The first-order valence-electron chi connectivity index (χ1n) is 5.01. The van der Waals surface area contributed by atoms with Crippen LogP contribution in [0.25, 0.3) is 0 Å². The first kappa shape index (κ1) is 15.4. The maximum absolute atomic E-state index is 11.7. The van der Waals surface area contributed by atoms with Gasteiger partial charge in [-0.3, -0.25) is 0 Å². The third-order valence-electron chi connectivity index (χ3n) is 2.01. The molecule has 0 saturated carbocycles. The lowest BCUT2D eigenvalue weighted by Crippen LogP contribution is -2.26. The van der Waals surface area contributed by atoms with E-state index in [-0.39, 0.29) is 12.2 Å². The lowest BCUT2D eigenvalue weighted by Gasteiger charge is -2.11. The van der Waals surface area contributed by atoms with Crippen LogP contribution in [0.4, 0.5) is 0 Å². The average Bonchev–Trinajstić information content (AvgIpc) is 2.13. The number of rotatable bonds is 6. The lowest BCUT2D eigenvalue weighted by molar-refractivity contribution is 0.580. The molecule has 0 aliphatic rings. The molecule has 16 heavy (non-hydrogen) atoms. The summed E-state index contributed by atoms with van der Waals surface area (Å²) in [4.78, 5) is 0. The second-order valence-electron chi connectivity index (χ2n) is 3.39. The predicted molar refractivity (Wildman–Crippen MR) is 66.4 cm³/mol. The van der Waals surface area contributed by atoms with Crippen molar-refractivity contribution < 1.29 is 16.8 Å². The highest BCUT2D eigenvalue weighted by Gasteiger charge is 2.25. The first-order valence-corrected chi connectivity index (χ1v) is 8.33. The van der Waals surface area contributed by atoms with Crippen LogP contribution in [-0.2, 0) is 19.7 Å². The quantitative estimate of drug-likeness (QED) is 0.733. The van der Waals surface area contributed by atoms with Crippen molar-refractivity contribution in [2.24, 2.45) is 0 Å². The third-order valence-corrected chi connectivity index (χ3v) is 5.85. The molecule has 0 fully saturated rings. The van der Waals surface area contributed by atoms with Gasteiger partial charge in [-0.1, -0.05) is 19.1 Å². The van der Waals surface area contributed by atoms with E-state index in [1.807, 2.05) is 0 Å². The molecule has 0 N–H and O–H groups in total. The van der Waals surface area contributed by atoms with Gasteiger partial charge in [0.25, 0.3) is 0 Å². The maximum atomic E-state index is 11.7. The van der Waals surface area contributed by atoms with E-state index < -0.39 is 24.9 Å². The summed E-state index contributed by atoms with van der Waals surface area (Å²) in [7, 11) is -6.91. The van der Waals surface area contributed by atoms with Crippen molar-refractivity contribution >= 4 is 19.7 Å². The Morgan fingerprint density at radius 3 is 1.88 bits per heavy atom. The highest BCUT2D eigenvalue weighted by Crippen LogP contribution is 2.12. The van der Waals surface area contributed by atoms with Crippen molar-refractivity contribution in [1.29, 1.82) is 0 Å². The van der Waals surface area contributed by atoms with Crippen LogP contribution in [0.2, 0.25) is 0 Å². The molecule has 0 amide bonds. The zero-order valence-electron chi connectivity index (χ0n) is 9.75. The molecule has 1 atom stereocenters. The van der Waals surface area contributed by atoms with E-state index in [9.17, 15) is 16.8 Å². The Hall–Kier alpha value is -0.620. The van der Waals surface area contributed by atoms with Gasteiger partial charge in [0.2, 0.25) is 0 Å². The van der Waals surface area contributed by atoms with E-state index in [1.165, 1.54) is 12.2 Å². The summed E-state index contributed by atoms with van der Waals surface area (Å²) in [5.74, 6) is -0.361. The van der Waals surface area contributed by atoms with Crippen molar-refractivity contribution in [3.63, 3.8) is 0 Å². The van der Waals surface area contributed by atoms with Gasteiger partial charge in [-0.25, -0.2) is 16.8 Å². The van der Waals surface area contributed by atoms with E-state index in [4.69, 9.17) is 0 Å². The molecule has 0 aliphatic heterocycles. The summed E-state index contributed by atoms with van der Waals surface area (Å²) >= 11 is 0. The van der Waals surface area contributed by atoms with Gasteiger partial charge in [0.15, 0.2) is 19.7 Å². The Morgan fingerprint density at radius 1 is 1.00 bits per heavy atom. The molecule has 0 heterocycles. The third kappa shape index (κ3) is 4.94. The van der Waals surface area contributed by atoms with Crippen LogP contribution in [0.1, 0.15) is 27.2 Å². The van der Waals surface area contributed by atoms with Crippen molar-refractivity contribution in [2.75, 3.05) is 5.75 Å². The van der Waals surface area contributed by atoms with Gasteiger partial charge >= 0.3 is 0 Å². The molecule has 0 bridgehead atoms. The summed E-state index contributed by atoms with van der Waals surface area (Å²) in [6, 6.07) is 0. The monoisotopic (exact) mass is 266 g/mol. The predicted octanol–water partition coefficient (Wildman–Crippen LogP) is 1.66. The van der Waals surface area contributed by atoms with Gasteiger partial charge in [-0.05, 0) is 20.3 Å². The smallest absolute Gasteiger partial charge is 0.175 e. The van der Waals surface area contributed by atoms with Crippen molar-refractivity contribution in [3.05, 3.63) is 23.0 Å². The summed E-state index contributed by atoms with van der Waals surface area (Å²) in [6.45, 7) is 4.83. The molecule has 0 saturated heterocycles. The summed E-state index contributed by atoms with van der Waals surface area (Å²) < 4.78 is 46.3. The highest BCUT2D eigenvalue weighted by atomic mass is 32.2. The zero-order chi connectivity index (χ0) is 12.8. The normalized spacial score (nSPS) is 15.9. The molecular formula is C10H18O4S2. The van der Waals surface area contributed by atoms with Gasteiger partial charge in [0.1, 0.15) is 0 Å². The van der Waals surface area contributed by atoms with Crippen molar-refractivity contribution in [1.82, 2.24) is 0 Å². The van der Waals surface area contributed by atoms with Crippen LogP contribution >= 0.6 is 0 Å². The Morgan fingerprint density at radius 2 is 1.50 bits per heavy atom. The molecule has 94 valence electrons. The number of hydrogen-bond donors (Lipinski definition) is 0. The number of hydrogen-bond acceptors (Lipinski definition) is 4. The molecule has 0 radical (unpaired) electrons. The van der Waals surface area contributed by atoms with Crippen LogP contribution in [0, 0.1) is 0 Å². The summed E-state index contributed by atoms with van der Waals surface area (Å²) in [6.07, 6.45) is 3.08. The summed E-state index contributed by atoms with van der Waals surface area (Å²) in [5.41, 5.74) is 0.